The number of carbonyl (C=O) groups is 2. The smallest absolute Gasteiger partial charge is 0.303 e. The fourth-order valence-corrected chi connectivity index (χ4v) is 4.23. The van der Waals surface area contributed by atoms with Crippen molar-refractivity contribution in [1.29, 1.82) is 0 Å². The van der Waals surface area contributed by atoms with Crippen LogP contribution in [-0.4, -0.2) is 64.8 Å². The summed E-state index contributed by atoms with van der Waals surface area (Å²) in [6.45, 7) is 24.0. The van der Waals surface area contributed by atoms with Crippen LogP contribution in [-0.2, 0) is 18.4 Å². The van der Waals surface area contributed by atoms with Gasteiger partial charge in [-0.2, -0.15) is 0 Å². The van der Waals surface area contributed by atoms with E-state index >= 15 is 0 Å². The highest BCUT2D eigenvalue weighted by Crippen LogP contribution is 2.37. The Balaban J connectivity index is 4.89. The number of carboxylic acids is 1. The lowest BCUT2D eigenvalue weighted by atomic mass is 10.2. The van der Waals surface area contributed by atoms with Crippen molar-refractivity contribution in [1.82, 2.24) is 4.90 Å². The summed E-state index contributed by atoms with van der Waals surface area (Å²) in [5.74, 6) is -0.893. The van der Waals surface area contributed by atoms with E-state index in [-0.39, 0.29) is 28.8 Å². The lowest BCUT2D eigenvalue weighted by Gasteiger charge is -2.38. The predicted octanol–water partition coefficient (Wildman–Crippen LogP) is 5.11. The molecule has 0 bridgehead atoms. The monoisotopic (exact) mass is 447 g/mol. The molecule has 0 heterocycles. The van der Waals surface area contributed by atoms with Crippen molar-refractivity contribution in [2.75, 3.05) is 26.3 Å². The van der Waals surface area contributed by atoms with Crippen molar-refractivity contribution in [3.63, 3.8) is 0 Å². The normalized spacial score (nSPS) is 13.4. The molecule has 1 N–H and O–H groups in total. The van der Waals surface area contributed by atoms with Crippen LogP contribution in [0, 0.1) is 0 Å². The summed E-state index contributed by atoms with van der Waals surface area (Å²) in [4.78, 5) is 25.2. The molecule has 0 saturated heterocycles. The second-order valence-electron chi connectivity index (χ2n) is 10.8. The molecule has 1 amide bonds. The Morgan fingerprint density at radius 1 is 0.793 bits per heavy atom. The average molecular weight is 448 g/mol. The molecular formula is C21H45NO5Si2. The summed E-state index contributed by atoms with van der Waals surface area (Å²) < 4.78 is 12.5. The molecule has 0 aliphatic rings. The van der Waals surface area contributed by atoms with E-state index in [9.17, 15) is 9.59 Å². The fourth-order valence-electron chi connectivity index (χ4n) is 2.17. The second-order valence-corrected chi connectivity index (χ2v) is 20.5. The number of amides is 1. The van der Waals surface area contributed by atoms with Gasteiger partial charge in [0, 0.05) is 25.9 Å². The summed E-state index contributed by atoms with van der Waals surface area (Å²) in [5.41, 5.74) is 0. The maximum atomic E-state index is 12.7. The topological polar surface area (TPSA) is 76.1 Å². The van der Waals surface area contributed by atoms with Crippen molar-refractivity contribution in [3.05, 3.63) is 0 Å². The Morgan fingerprint density at radius 2 is 1.17 bits per heavy atom. The number of nitrogens with zero attached hydrogens (tertiary/aromatic N) is 1. The molecule has 0 aromatic heterocycles. The summed E-state index contributed by atoms with van der Waals surface area (Å²) >= 11 is 0. The molecule has 0 spiro atoms. The quantitative estimate of drug-likeness (QED) is 0.421. The van der Waals surface area contributed by atoms with Gasteiger partial charge in [-0.05, 0) is 42.7 Å². The second kappa shape index (κ2) is 11.1. The molecule has 0 unspecified atom stereocenters. The van der Waals surface area contributed by atoms with Gasteiger partial charge >= 0.3 is 5.97 Å². The summed E-state index contributed by atoms with van der Waals surface area (Å²) in [7, 11) is -3.75. The van der Waals surface area contributed by atoms with E-state index in [1.807, 2.05) is 0 Å². The molecule has 0 saturated carbocycles. The maximum absolute atomic E-state index is 12.7. The van der Waals surface area contributed by atoms with Crippen molar-refractivity contribution in [3.8, 4) is 0 Å². The SMILES string of the molecule is CC(C)(C)[Si](C)(C)OCCN(CCO[Si](C)(C)C(C)(C)C)C(=O)CCCC(=O)O. The molecule has 172 valence electrons. The van der Waals surface area contributed by atoms with Crippen molar-refractivity contribution >= 4 is 28.5 Å². The van der Waals surface area contributed by atoms with Crippen molar-refractivity contribution in [2.45, 2.75) is 97.1 Å². The molecule has 6 nitrogen and oxygen atoms in total. The minimum absolute atomic E-state index is 0.0144. The van der Waals surface area contributed by atoms with Crippen molar-refractivity contribution < 1.29 is 23.5 Å². The third-order valence-corrected chi connectivity index (χ3v) is 15.5. The highest BCUT2D eigenvalue weighted by Gasteiger charge is 2.38. The summed E-state index contributed by atoms with van der Waals surface area (Å²) in [6, 6.07) is 0. The van der Waals surface area contributed by atoms with Gasteiger partial charge in [-0.25, -0.2) is 0 Å². The van der Waals surface area contributed by atoms with E-state index < -0.39 is 22.6 Å². The van der Waals surface area contributed by atoms with Gasteiger partial charge < -0.3 is 18.9 Å². The zero-order valence-electron chi connectivity index (χ0n) is 20.5. The van der Waals surface area contributed by atoms with Crippen LogP contribution in [0.1, 0.15) is 60.8 Å². The Hall–Kier alpha value is -0.706. The zero-order chi connectivity index (χ0) is 23.1. The first-order valence-corrected chi connectivity index (χ1v) is 16.5. The van der Waals surface area contributed by atoms with Gasteiger partial charge in [0.2, 0.25) is 5.91 Å². The molecular weight excluding hydrogens is 402 g/mol. The van der Waals surface area contributed by atoms with E-state index in [4.69, 9.17) is 14.0 Å². The Labute approximate surface area is 180 Å². The van der Waals surface area contributed by atoms with Crippen LogP contribution in [0.3, 0.4) is 0 Å². The highest BCUT2D eigenvalue weighted by molar-refractivity contribution is 6.74. The van der Waals surface area contributed by atoms with Gasteiger partial charge in [-0.1, -0.05) is 41.5 Å². The van der Waals surface area contributed by atoms with Crippen LogP contribution in [0.4, 0.5) is 0 Å². The third-order valence-electron chi connectivity index (χ3n) is 6.39. The number of carbonyl (C=O) groups excluding carboxylic acids is 1. The van der Waals surface area contributed by atoms with E-state index in [1.165, 1.54) is 0 Å². The standard InChI is InChI=1S/C21H45NO5Si2/c1-20(2,3)28(7,8)26-16-14-22(18(23)12-11-13-19(24)25)15-17-27-29(9,10)21(4,5)6/h11-17H2,1-10H3,(H,24,25). The van der Waals surface area contributed by atoms with E-state index in [0.29, 0.717) is 32.7 Å². The molecule has 8 heteroatoms. The molecule has 0 aliphatic heterocycles. The van der Waals surface area contributed by atoms with Crippen LogP contribution in [0.2, 0.25) is 36.3 Å². The molecule has 29 heavy (non-hydrogen) atoms. The van der Waals surface area contributed by atoms with E-state index in [2.05, 4.69) is 67.7 Å². The Morgan fingerprint density at radius 3 is 1.48 bits per heavy atom. The van der Waals surface area contributed by atoms with Crippen LogP contribution < -0.4 is 0 Å². The number of aliphatic carboxylic acids is 1. The molecule has 0 rings (SSSR count). The lowest BCUT2D eigenvalue weighted by molar-refractivity contribution is -0.137. The Kier molecular flexibility index (Phi) is 10.8. The van der Waals surface area contributed by atoms with Gasteiger partial charge in [0.05, 0.1) is 13.2 Å². The minimum Gasteiger partial charge on any atom is -0.481 e. The van der Waals surface area contributed by atoms with Crippen LogP contribution in [0.5, 0.6) is 0 Å². The Bertz CT molecular complexity index is 504. The first kappa shape index (κ1) is 28.3. The van der Waals surface area contributed by atoms with Crippen molar-refractivity contribution in [2.24, 2.45) is 0 Å². The molecule has 0 atom stereocenters. The summed E-state index contributed by atoms with van der Waals surface area (Å²) in [5, 5.41) is 9.06. The van der Waals surface area contributed by atoms with Gasteiger partial charge in [0.25, 0.3) is 0 Å². The predicted molar refractivity (Wildman–Crippen MR) is 124 cm³/mol. The lowest BCUT2D eigenvalue weighted by Crippen LogP contribution is -2.45. The first-order chi connectivity index (χ1) is 12.9. The van der Waals surface area contributed by atoms with E-state index in [1.54, 1.807) is 4.90 Å². The number of rotatable bonds is 12. The first-order valence-electron chi connectivity index (χ1n) is 10.7. The van der Waals surface area contributed by atoms with Gasteiger partial charge in [0.1, 0.15) is 0 Å². The van der Waals surface area contributed by atoms with Crippen LogP contribution in [0.25, 0.3) is 0 Å². The number of carboxylic acid groups (broad SMARTS) is 1. The zero-order valence-corrected chi connectivity index (χ0v) is 22.5. The highest BCUT2D eigenvalue weighted by atomic mass is 28.4. The minimum atomic E-state index is -1.87. The average Bonchev–Trinajstić information content (AvgIpc) is 2.50. The largest absolute Gasteiger partial charge is 0.481 e. The summed E-state index contributed by atoms with van der Waals surface area (Å²) in [6.07, 6.45) is 0.615. The molecule has 0 radical (unpaired) electrons. The number of hydrogen-bond donors (Lipinski definition) is 1. The molecule has 0 aromatic carbocycles. The molecule has 0 aromatic rings. The molecule has 0 aliphatic carbocycles. The maximum Gasteiger partial charge on any atom is 0.303 e. The van der Waals surface area contributed by atoms with Crippen LogP contribution in [0.15, 0.2) is 0 Å². The van der Waals surface area contributed by atoms with Crippen LogP contribution >= 0.6 is 0 Å². The van der Waals surface area contributed by atoms with Gasteiger partial charge in [-0.3, -0.25) is 9.59 Å². The fraction of sp³-hybridized carbons (Fsp3) is 0.905. The number of hydrogen-bond acceptors (Lipinski definition) is 4. The van der Waals surface area contributed by atoms with Gasteiger partial charge in [0.15, 0.2) is 16.6 Å². The molecule has 0 fully saturated rings. The van der Waals surface area contributed by atoms with E-state index in [0.717, 1.165) is 0 Å². The third kappa shape index (κ3) is 10.2. The van der Waals surface area contributed by atoms with Gasteiger partial charge in [-0.15, -0.1) is 0 Å².